The molecule has 1 amide bonds. The van der Waals surface area contributed by atoms with Gasteiger partial charge in [-0.15, -0.1) is 0 Å². The van der Waals surface area contributed by atoms with E-state index in [1.54, 1.807) is 17.3 Å². The van der Waals surface area contributed by atoms with Gasteiger partial charge in [-0.1, -0.05) is 38.0 Å². The number of anilines is 1. The lowest BCUT2D eigenvalue weighted by molar-refractivity contribution is -0.117. The van der Waals surface area contributed by atoms with Crippen molar-refractivity contribution in [3.05, 3.63) is 54.1 Å². The van der Waals surface area contributed by atoms with Crippen molar-refractivity contribution in [2.75, 3.05) is 11.4 Å². The Bertz CT molecular complexity index is 739. The van der Waals surface area contributed by atoms with E-state index in [0.29, 0.717) is 18.8 Å². The van der Waals surface area contributed by atoms with Crippen molar-refractivity contribution in [2.45, 2.75) is 20.3 Å². The summed E-state index contributed by atoms with van der Waals surface area (Å²) in [7, 11) is 0. The highest BCUT2D eigenvalue weighted by molar-refractivity contribution is 5.95. The average molecular weight is 291 g/mol. The first-order valence-corrected chi connectivity index (χ1v) is 7.23. The van der Waals surface area contributed by atoms with Crippen LogP contribution in [0.1, 0.15) is 31.7 Å². The van der Waals surface area contributed by atoms with Crippen LogP contribution in [0.5, 0.6) is 0 Å². The van der Waals surface area contributed by atoms with Crippen LogP contribution in [0.15, 0.2) is 42.7 Å². The molecule has 1 aromatic heterocycles. The molecule has 22 heavy (non-hydrogen) atoms. The number of aromatic nitrogens is 2. The first-order chi connectivity index (χ1) is 10.5. The molecule has 1 aromatic carbocycles. The Hall–Kier alpha value is -2.67. The monoisotopic (exact) mass is 291 g/mol. The number of amides is 1. The molecule has 4 heteroatoms. The van der Waals surface area contributed by atoms with Crippen LogP contribution in [0.4, 0.5) is 5.69 Å². The average Bonchev–Trinajstić information content (AvgIpc) is 2.80. The molecule has 0 saturated carbocycles. The topological polar surface area (TPSA) is 46.1 Å². The van der Waals surface area contributed by atoms with Crippen molar-refractivity contribution in [2.24, 2.45) is 5.41 Å². The van der Waals surface area contributed by atoms with Crippen molar-refractivity contribution in [1.82, 2.24) is 9.97 Å². The van der Waals surface area contributed by atoms with Gasteiger partial charge in [0.15, 0.2) is 0 Å². The van der Waals surface area contributed by atoms with Gasteiger partial charge in [-0.25, -0.2) is 9.97 Å². The van der Waals surface area contributed by atoms with E-state index in [0.717, 1.165) is 11.3 Å². The third-order valence-corrected chi connectivity index (χ3v) is 3.56. The van der Waals surface area contributed by atoms with E-state index in [2.05, 4.69) is 35.7 Å². The van der Waals surface area contributed by atoms with Gasteiger partial charge in [0.1, 0.15) is 0 Å². The fourth-order valence-corrected chi connectivity index (χ4v) is 2.49. The maximum atomic E-state index is 12.0. The van der Waals surface area contributed by atoms with Crippen LogP contribution < -0.4 is 4.90 Å². The van der Waals surface area contributed by atoms with E-state index >= 15 is 0 Å². The zero-order chi connectivity index (χ0) is 15.6. The fraction of sp³-hybridized carbons (Fsp3) is 0.278. The molecule has 0 spiro atoms. The summed E-state index contributed by atoms with van der Waals surface area (Å²) in [6, 6.07) is 9.70. The van der Waals surface area contributed by atoms with Crippen molar-refractivity contribution >= 4 is 11.6 Å². The number of carbonyl (C=O) groups is 1. The SMILES string of the molecule is CC1(C)CC(=O)N(c2cnc(C#Cc3ccccc3)nc2)C1. The lowest BCUT2D eigenvalue weighted by Gasteiger charge is -2.18. The highest BCUT2D eigenvalue weighted by atomic mass is 16.2. The van der Waals surface area contributed by atoms with Crippen LogP contribution in [0.3, 0.4) is 0 Å². The molecule has 0 radical (unpaired) electrons. The number of nitrogens with zero attached hydrogens (tertiary/aromatic N) is 3. The number of hydrogen-bond acceptors (Lipinski definition) is 3. The summed E-state index contributed by atoms with van der Waals surface area (Å²) in [5.41, 5.74) is 1.66. The fourth-order valence-electron chi connectivity index (χ4n) is 2.49. The standard InChI is InChI=1S/C18H17N3O/c1-18(2)10-17(22)21(13-18)15-11-19-16(20-12-15)9-8-14-6-4-3-5-7-14/h3-7,11-12H,10,13H2,1-2H3. The first kappa shape index (κ1) is 14.3. The summed E-state index contributed by atoms with van der Waals surface area (Å²) in [6.45, 7) is 4.88. The molecule has 4 nitrogen and oxygen atoms in total. The van der Waals surface area contributed by atoms with Crippen LogP contribution in [0.25, 0.3) is 0 Å². The molecule has 0 unspecified atom stereocenters. The predicted molar refractivity (Wildman–Crippen MR) is 85.2 cm³/mol. The lowest BCUT2D eigenvalue weighted by Crippen LogP contribution is -2.26. The summed E-state index contributed by atoms with van der Waals surface area (Å²) in [4.78, 5) is 22.3. The zero-order valence-corrected chi connectivity index (χ0v) is 12.7. The van der Waals surface area contributed by atoms with E-state index in [1.165, 1.54) is 0 Å². The Morgan fingerprint density at radius 3 is 2.36 bits per heavy atom. The first-order valence-electron chi connectivity index (χ1n) is 7.23. The van der Waals surface area contributed by atoms with Crippen LogP contribution in [0.2, 0.25) is 0 Å². The van der Waals surface area contributed by atoms with Gasteiger partial charge >= 0.3 is 0 Å². The number of hydrogen-bond donors (Lipinski definition) is 0. The molecule has 2 aromatic rings. The van der Waals surface area contributed by atoms with Crippen molar-refractivity contribution in [1.29, 1.82) is 0 Å². The van der Waals surface area contributed by atoms with E-state index in [4.69, 9.17) is 0 Å². The van der Waals surface area contributed by atoms with Crippen LogP contribution >= 0.6 is 0 Å². The maximum Gasteiger partial charge on any atom is 0.227 e. The molecule has 1 aliphatic heterocycles. The second-order valence-corrected chi connectivity index (χ2v) is 6.20. The van der Waals surface area contributed by atoms with Gasteiger partial charge in [-0.05, 0) is 23.5 Å². The predicted octanol–water partition coefficient (Wildman–Crippen LogP) is 2.64. The van der Waals surface area contributed by atoms with Crippen molar-refractivity contribution in [3.8, 4) is 11.8 Å². The minimum absolute atomic E-state index is 0.00285. The number of rotatable bonds is 1. The summed E-state index contributed by atoms with van der Waals surface area (Å²) in [5.74, 6) is 6.53. The van der Waals surface area contributed by atoms with Gasteiger partial charge in [-0.2, -0.15) is 0 Å². The molecule has 3 rings (SSSR count). The van der Waals surface area contributed by atoms with E-state index in [1.807, 2.05) is 30.3 Å². The Balaban J connectivity index is 1.77. The minimum atomic E-state index is 0.00285. The van der Waals surface area contributed by atoms with E-state index in [-0.39, 0.29) is 11.3 Å². The molecular formula is C18H17N3O. The van der Waals surface area contributed by atoms with Crippen molar-refractivity contribution < 1.29 is 4.79 Å². The Labute approximate surface area is 130 Å². The molecule has 110 valence electrons. The molecule has 0 aliphatic carbocycles. The van der Waals surface area contributed by atoms with Crippen molar-refractivity contribution in [3.63, 3.8) is 0 Å². The van der Waals surface area contributed by atoms with Crippen LogP contribution in [-0.4, -0.2) is 22.4 Å². The highest BCUT2D eigenvalue weighted by Crippen LogP contribution is 2.32. The zero-order valence-electron chi connectivity index (χ0n) is 12.7. The van der Waals surface area contributed by atoms with Gasteiger partial charge in [0.05, 0.1) is 18.1 Å². The summed E-state index contributed by atoms with van der Waals surface area (Å²) >= 11 is 0. The molecular weight excluding hydrogens is 274 g/mol. The summed E-state index contributed by atoms with van der Waals surface area (Å²) < 4.78 is 0. The third-order valence-electron chi connectivity index (χ3n) is 3.56. The normalized spacial score (nSPS) is 16.3. The van der Waals surface area contributed by atoms with Gasteiger partial charge in [-0.3, -0.25) is 4.79 Å². The maximum absolute atomic E-state index is 12.0. The molecule has 2 heterocycles. The lowest BCUT2D eigenvalue weighted by atomic mass is 9.93. The van der Waals surface area contributed by atoms with Gasteiger partial charge in [0, 0.05) is 18.5 Å². The van der Waals surface area contributed by atoms with E-state index in [9.17, 15) is 4.79 Å². The summed E-state index contributed by atoms with van der Waals surface area (Å²) in [6.07, 6.45) is 3.89. The largest absolute Gasteiger partial charge is 0.309 e. The van der Waals surface area contributed by atoms with Gasteiger partial charge in [0.25, 0.3) is 0 Å². The minimum Gasteiger partial charge on any atom is -0.309 e. The Kier molecular flexibility index (Phi) is 3.64. The number of carbonyl (C=O) groups excluding carboxylic acids is 1. The third kappa shape index (κ3) is 3.15. The smallest absolute Gasteiger partial charge is 0.227 e. The number of benzene rings is 1. The van der Waals surface area contributed by atoms with Crippen LogP contribution in [-0.2, 0) is 4.79 Å². The van der Waals surface area contributed by atoms with Crippen LogP contribution in [0, 0.1) is 17.3 Å². The quantitative estimate of drug-likeness (QED) is 0.759. The Morgan fingerprint density at radius 2 is 1.77 bits per heavy atom. The van der Waals surface area contributed by atoms with Gasteiger partial charge in [0.2, 0.25) is 11.7 Å². The molecule has 1 aliphatic rings. The highest BCUT2D eigenvalue weighted by Gasteiger charge is 2.36. The Morgan fingerprint density at radius 1 is 1.09 bits per heavy atom. The second kappa shape index (κ2) is 5.61. The van der Waals surface area contributed by atoms with E-state index < -0.39 is 0 Å². The molecule has 0 bridgehead atoms. The second-order valence-electron chi connectivity index (χ2n) is 6.20. The molecule has 1 fully saturated rings. The molecule has 0 N–H and O–H groups in total. The molecule has 0 atom stereocenters. The van der Waals surface area contributed by atoms with Gasteiger partial charge < -0.3 is 4.90 Å². The summed E-state index contributed by atoms with van der Waals surface area (Å²) in [5, 5.41) is 0. The molecule has 1 saturated heterocycles.